The van der Waals surface area contributed by atoms with Crippen LogP contribution in [0.4, 0.5) is 0 Å². The third-order valence-electron chi connectivity index (χ3n) is 4.77. The first-order valence-electron chi connectivity index (χ1n) is 9.05. The summed E-state index contributed by atoms with van der Waals surface area (Å²) in [4.78, 5) is 5.69. The van der Waals surface area contributed by atoms with Crippen molar-refractivity contribution in [1.82, 2.24) is 4.68 Å². The van der Waals surface area contributed by atoms with Gasteiger partial charge in [-0.25, -0.2) is 4.68 Å². The molecule has 0 unspecified atom stereocenters. The Morgan fingerprint density at radius 3 is 2.77 bits per heavy atom. The number of nitrogens with zero attached hydrogens (tertiary/aromatic N) is 3. The van der Waals surface area contributed by atoms with Gasteiger partial charge in [-0.05, 0) is 56.7 Å². The molecule has 7 heteroatoms. The fourth-order valence-corrected chi connectivity index (χ4v) is 4.72. The molecule has 2 fully saturated rings. The first-order chi connectivity index (χ1) is 12.7. The van der Waals surface area contributed by atoms with E-state index in [4.69, 9.17) is 38.0 Å². The van der Waals surface area contributed by atoms with Gasteiger partial charge in [0.15, 0.2) is 0 Å². The van der Waals surface area contributed by atoms with Gasteiger partial charge in [0.2, 0.25) is 4.80 Å². The van der Waals surface area contributed by atoms with E-state index in [1.807, 2.05) is 16.8 Å². The second-order valence-corrected chi connectivity index (χ2v) is 8.37. The van der Waals surface area contributed by atoms with Crippen LogP contribution in [0.15, 0.2) is 33.7 Å². The number of hydrogen-bond acceptors (Lipinski definition) is 4. The zero-order valence-electron chi connectivity index (χ0n) is 14.5. The molecule has 26 heavy (non-hydrogen) atoms. The second-order valence-electron chi connectivity index (χ2n) is 6.69. The van der Waals surface area contributed by atoms with Crippen molar-refractivity contribution in [2.75, 3.05) is 13.2 Å². The molecule has 1 aliphatic heterocycles. The monoisotopic (exact) mass is 409 g/mol. The second kappa shape index (κ2) is 8.26. The molecule has 1 saturated carbocycles. The molecule has 1 aromatic heterocycles. The maximum atomic E-state index is 6.45. The summed E-state index contributed by atoms with van der Waals surface area (Å²) in [5.41, 5.74) is 3.11. The van der Waals surface area contributed by atoms with E-state index in [-0.39, 0.29) is 6.10 Å². The first kappa shape index (κ1) is 18.2. The Bertz CT molecular complexity index is 873. The zero-order chi connectivity index (χ0) is 17.9. The van der Waals surface area contributed by atoms with E-state index >= 15 is 0 Å². The Morgan fingerprint density at radius 1 is 1.19 bits per heavy atom. The molecule has 4 rings (SSSR count). The van der Waals surface area contributed by atoms with Crippen LogP contribution in [0.2, 0.25) is 10.0 Å². The lowest BCUT2D eigenvalue weighted by Gasteiger charge is -2.08. The summed E-state index contributed by atoms with van der Waals surface area (Å²) in [6.45, 7) is 1.53. The van der Waals surface area contributed by atoms with Crippen LogP contribution >= 0.6 is 34.5 Å². The summed E-state index contributed by atoms with van der Waals surface area (Å²) in [6.07, 6.45) is 6.97. The molecule has 4 nitrogen and oxygen atoms in total. The lowest BCUT2D eigenvalue weighted by atomic mass is 10.2. The Morgan fingerprint density at radius 2 is 2.04 bits per heavy atom. The Kier molecular flexibility index (Phi) is 5.79. The molecule has 0 amide bonds. The highest BCUT2D eigenvalue weighted by atomic mass is 35.5. The Hall–Kier alpha value is -1.14. The summed E-state index contributed by atoms with van der Waals surface area (Å²) in [5.74, 6) is 0. The predicted octanol–water partition coefficient (Wildman–Crippen LogP) is 5.38. The number of rotatable bonds is 4. The van der Waals surface area contributed by atoms with E-state index in [0.717, 1.165) is 48.3 Å². The largest absolute Gasteiger partial charge is 0.376 e. The highest BCUT2D eigenvalue weighted by molar-refractivity contribution is 7.07. The molecular formula is C19H21Cl2N3OS. The lowest BCUT2D eigenvalue weighted by Crippen LogP contribution is -2.18. The average molecular weight is 410 g/mol. The molecule has 0 radical (unpaired) electrons. The number of halogens is 2. The van der Waals surface area contributed by atoms with Crippen LogP contribution in [0.1, 0.15) is 38.5 Å². The van der Waals surface area contributed by atoms with E-state index in [2.05, 4.69) is 5.38 Å². The van der Waals surface area contributed by atoms with E-state index in [0.29, 0.717) is 16.6 Å². The number of aromatic nitrogens is 1. The van der Waals surface area contributed by atoms with Crippen molar-refractivity contribution in [1.29, 1.82) is 0 Å². The highest BCUT2D eigenvalue weighted by Gasteiger charge is 2.17. The third-order valence-corrected chi connectivity index (χ3v) is 6.17. The number of thiazole rings is 1. The summed E-state index contributed by atoms with van der Waals surface area (Å²) in [6, 6.07) is 5.57. The molecule has 0 N–H and O–H groups in total. The van der Waals surface area contributed by atoms with Gasteiger partial charge in [-0.2, -0.15) is 5.10 Å². The van der Waals surface area contributed by atoms with Gasteiger partial charge in [-0.3, -0.25) is 4.99 Å². The van der Waals surface area contributed by atoms with Crippen LogP contribution in [0, 0.1) is 0 Å². The quantitative estimate of drug-likeness (QED) is 0.667. The summed E-state index contributed by atoms with van der Waals surface area (Å²) in [7, 11) is 0. The van der Waals surface area contributed by atoms with Gasteiger partial charge < -0.3 is 4.74 Å². The minimum absolute atomic E-state index is 0.229. The van der Waals surface area contributed by atoms with Gasteiger partial charge in [0.25, 0.3) is 0 Å². The molecule has 1 aromatic carbocycles. The van der Waals surface area contributed by atoms with Gasteiger partial charge in [-0.1, -0.05) is 23.2 Å². The number of ether oxygens (including phenoxy) is 1. The smallest absolute Gasteiger partial charge is 0.206 e. The summed E-state index contributed by atoms with van der Waals surface area (Å²) >= 11 is 14.1. The maximum Gasteiger partial charge on any atom is 0.206 e. The highest BCUT2D eigenvalue weighted by Crippen LogP contribution is 2.31. The third kappa shape index (κ3) is 4.06. The van der Waals surface area contributed by atoms with Crippen molar-refractivity contribution in [3.63, 3.8) is 0 Å². The standard InChI is InChI=1S/C19H21Cl2N3OS/c20-13-7-8-16(17(21)10-13)18-12-26-19(22-11-15-6-3-9-25-15)24(18)23-14-4-1-2-5-14/h7-8,10,12,15H,1-6,9,11H2/t15-/m0/s1. The van der Waals surface area contributed by atoms with E-state index in [1.54, 1.807) is 17.4 Å². The fraction of sp³-hybridized carbons (Fsp3) is 0.474. The molecule has 1 atom stereocenters. The number of hydrogen-bond donors (Lipinski definition) is 0. The van der Waals surface area contributed by atoms with Gasteiger partial charge in [0.1, 0.15) is 0 Å². The number of benzene rings is 1. The van der Waals surface area contributed by atoms with E-state index in [1.165, 1.54) is 18.6 Å². The molecule has 2 aromatic rings. The van der Waals surface area contributed by atoms with Crippen LogP contribution in [0.5, 0.6) is 0 Å². The molecule has 1 saturated heterocycles. The topological polar surface area (TPSA) is 38.9 Å². The lowest BCUT2D eigenvalue weighted by molar-refractivity contribution is 0.117. The summed E-state index contributed by atoms with van der Waals surface area (Å²) < 4.78 is 7.66. The minimum atomic E-state index is 0.229. The Balaban J connectivity index is 1.75. The Labute approximate surface area is 167 Å². The molecule has 1 aliphatic carbocycles. The fourth-order valence-electron chi connectivity index (χ4n) is 3.38. The molecule has 0 bridgehead atoms. The van der Waals surface area contributed by atoms with Crippen LogP contribution in [-0.2, 0) is 4.74 Å². The van der Waals surface area contributed by atoms with Crippen molar-refractivity contribution in [3.05, 3.63) is 38.4 Å². The predicted molar refractivity (Wildman–Crippen MR) is 108 cm³/mol. The van der Waals surface area contributed by atoms with Gasteiger partial charge >= 0.3 is 0 Å². The van der Waals surface area contributed by atoms with Crippen molar-refractivity contribution >= 4 is 40.3 Å². The van der Waals surface area contributed by atoms with E-state index < -0.39 is 0 Å². The van der Waals surface area contributed by atoms with Gasteiger partial charge in [0.05, 0.1) is 23.4 Å². The van der Waals surface area contributed by atoms with Gasteiger partial charge in [0, 0.05) is 28.3 Å². The van der Waals surface area contributed by atoms with Crippen LogP contribution < -0.4 is 4.80 Å². The maximum absolute atomic E-state index is 6.45. The first-order valence-corrected chi connectivity index (χ1v) is 10.7. The molecule has 138 valence electrons. The van der Waals surface area contributed by atoms with E-state index in [9.17, 15) is 0 Å². The van der Waals surface area contributed by atoms with Crippen molar-refractivity contribution in [2.24, 2.45) is 10.1 Å². The van der Waals surface area contributed by atoms with Crippen molar-refractivity contribution in [2.45, 2.75) is 44.6 Å². The van der Waals surface area contributed by atoms with Gasteiger partial charge in [-0.15, -0.1) is 11.3 Å². The van der Waals surface area contributed by atoms with Crippen LogP contribution in [0.25, 0.3) is 11.3 Å². The molecule has 0 spiro atoms. The van der Waals surface area contributed by atoms with Crippen molar-refractivity contribution in [3.8, 4) is 11.3 Å². The normalized spacial score (nSPS) is 20.9. The van der Waals surface area contributed by atoms with Crippen molar-refractivity contribution < 1.29 is 4.74 Å². The molecule has 2 aliphatic rings. The van der Waals surface area contributed by atoms with Crippen LogP contribution in [0.3, 0.4) is 0 Å². The SMILES string of the molecule is Clc1ccc(-c2csc(=NC[C@@H]3CCCO3)n2N=C2CCCC2)c(Cl)c1. The molecule has 2 heterocycles. The average Bonchev–Trinajstić information content (AvgIpc) is 3.36. The minimum Gasteiger partial charge on any atom is -0.376 e. The van der Waals surface area contributed by atoms with Crippen LogP contribution in [-0.4, -0.2) is 29.6 Å². The summed E-state index contributed by atoms with van der Waals surface area (Å²) in [5, 5.41) is 8.25. The molecular weight excluding hydrogens is 389 g/mol. The zero-order valence-corrected chi connectivity index (χ0v) is 16.8.